The maximum Gasteiger partial charge on any atom is 0.202 e. The molecule has 0 saturated carbocycles. The van der Waals surface area contributed by atoms with Crippen molar-refractivity contribution in [3.05, 3.63) is 89.1 Å². The summed E-state index contributed by atoms with van der Waals surface area (Å²) >= 11 is 0. The molecule has 0 atom stereocenters. The van der Waals surface area contributed by atoms with E-state index in [0.717, 1.165) is 27.1 Å². The van der Waals surface area contributed by atoms with Crippen LogP contribution >= 0.6 is 0 Å². The first-order valence-electron chi connectivity index (χ1n) is 8.45. The van der Waals surface area contributed by atoms with Gasteiger partial charge in [0.1, 0.15) is 5.58 Å². The molecule has 0 aliphatic carbocycles. The molecule has 0 aliphatic rings. The molecule has 3 heteroatoms. The van der Waals surface area contributed by atoms with Crippen molar-refractivity contribution >= 4 is 38.4 Å². The van der Waals surface area contributed by atoms with Gasteiger partial charge in [-0.1, -0.05) is 66.7 Å². The van der Waals surface area contributed by atoms with Crippen molar-refractivity contribution in [3.63, 3.8) is 0 Å². The molecule has 0 fully saturated rings. The van der Waals surface area contributed by atoms with Gasteiger partial charge in [0.2, 0.25) is 11.3 Å². The molecule has 5 rings (SSSR count). The third kappa shape index (κ3) is 2.11. The van der Waals surface area contributed by atoms with Crippen LogP contribution in [0.1, 0.15) is 0 Å². The Morgan fingerprint density at radius 3 is 2.15 bits per heavy atom. The van der Waals surface area contributed by atoms with E-state index in [4.69, 9.17) is 10.2 Å². The summed E-state index contributed by atoms with van der Waals surface area (Å²) in [5.74, 6) is 0.147. The van der Waals surface area contributed by atoms with Gasteiger partial charge in [-0.25, -0.2) is 0 Å². The van der Waals surface area contributed by atoms with Crippen LogP contribution in [-0.4, -0.2) is 0 Å². The van der Waals surface area contributed by atoms with Gasteiger partial charge >= 0.3 is 0 Å². The molecule has 26 heavy (non-hydrogen) atoms. The number of benzene rings is 4. The van der Waals surface area contributed by atoms with Crippen LogP contribution in [-0.2, 0) is 0 Å². The predicted molar refractivity (Wildman–Crippen MR) is 107 cm³/mol. The van der Waals surface area contributed by atoms with E-state index in [9.17, 15) is 4.79 Å². The molecule has 0 amide bonds. The van der Waals surface area contributed by atoms with Gasteiger partial charge in [-0.3, -0.25) is 4.79 Å². The first-order valence-corrected chi connectivity index (χ1v) is 8.45. The van der Waals surface area contributed by atoms with Crippen LogP contribution < -0.4 is 11.2 Å². The number of nitrogen functional groups attached to an aromatic ring is 1. The van der Waals surface area contributed by atoms with Crippen LogP contribution in [0.4, 0.5) is 5.88 Å². The highest BCUT2D eigenvalue weighted by molar-refractivity contribution is 6.02. The molecule has 0 unspecified atom stereocenters. The Morgan fingerprint density at radius 2 is 1.35 bits per heavy atom. The van der Waals surface area contributed by atoms with Crippen molar-refractivity contribution in [2.24, 2.45) is 0 Å². The van der Waals surface area contributed by atoms with Gasteiger partial charge in [0.15, 0.2) is 0 Å². The van der Waals surface area contributed by atoms with Crippen molar-refractivity contribution in [2.45, 2.75) is 0 Å². The van der Waals surface area contributed by atoms with Crippen LogP contribution in [0.15, 0.2) is 88.1 Å². The SMILES string of the molecule is Nc1oc2cc3ccccc3cc2c(=O)c1-c1cccc2ccccc12. The highest BCUT2D eigenvalue weighted by Gasteiger charge is 2.16. The molecule has 0 saturated heterocycles. The van der Waals surface area contributed by atoms with Gasteiger partial charge in [0.25, 0.3) is 0 Å². The molecule has 0 radical (unpaired) electrons. The van der Waals surface area contributed by atoms with Crippen LogP contribution in [0.5, 0.6) is 0 Å². The van der Waals surface area contributed by atoms with E-state index < -0.39 is 0 Å². The summed E-state index contributed by atoms with van der Waals surface area (Å²) in [4.78, 5) is 13.3. The van der Waals surface area contributed by atoms with Crippen LogP contribution in [0, 0.1) is 0 Å². The van der Waals surface area contributed by atoms with Crippen LogP contribution in [0.25, 0.3) is 43.6 Å². The molecule has 3 nitrogen and oxygen atoms in total. The van der Waals surface area contributed by atoms with E-state index >= 15 is 0 Å². The molecular weight excluding hydrogens is 322 g/mol. The minimum absolute atomic E-state index is 0.106. The zero-order valence-electron chi connectivity index (χ0n) is 13.9. The zero-order chi connectivity index (χ0) is 17.7. The maximum atomic E-state index is 13.3. The second kappa shape index (κ2) is 5.46. The Labute approximate surface area is 149 Å². The van der Waals surface area contributed by atoms with Gasteiger partial charge in [0, 0.05) is 0 Å². The highest BCUT2D eigenvalue weighted by atomic mass is 16.3. The maximum absolute atomic E-state index is 13.3. The van der Waals surface area contributed by atoms with E-state index in [1.165, 1.54) is 0 Å². The Balaban J connectivity index is 1.91. The number of rotatable bonds is 1. The van der Waals surface area contributed by atoms with E-state index in [0.29, 0.717) is 16.5 Å². The lowest BCUT2D eigenvalue weighted by molar-refractivity contribution is 0.627. The summed E-state index contributed by atoms with van der Waals surface area (Å²) in [5, 5.41) is 4.60. The molecule has 1 heterocycles. The molecule has 2 N–H and O–H groups in total. The van der Waals surface area contributed by atoms with Gasteiger partial charge in [-0.15, -0.1) is 0 Å². The average Bonchev–Trinajstić information content (AvgIpc) is 2.67. The molecule has 124 valence electrons. The smallest absolute Gasteiger partial charge is 0.202 e. The van der Waals surface area contributed by atoms with Gasteiger partial charge < -0.3 is 10.2 Å². The minimum Gasteiger partial charge on any atom is -0.440 e. The summed E-state index contributed by atoms with van der Waals surface area (Å²) < 4.78 is 5.86. The second-order valence-electron chi connectivity index (χ2n) is 6.39. The van der Waals surface area contributed by atoms with Gasteiger partial charge in [-0.05, 0) is 39.2 Å². The monoisotopic (exact) mass is 337 g/mol. The molecule has 4 aromatic carbocycles. The fourth-order valence-electron chi connectivity index (χ4n) is 3.60. The zero-order valence-corrected chi connectivity index (χ0v) is 13.9. The van der Waals surface area contributed by atoms with E-state index in [1.807, 2.05) is 78.9 Å². The summed E-state index contributed by atoms with van der Waals surface area (Å²) in [6, 6.07) is 25.5. The number of fused-ring (bicyclic) bond motifs is 3. The lowest BCUT2D eigenvalue weighted by Gasteiger charge is -2.10. The molecule has 0 aliphatic heterocycles. The van der Waals surface area contributed by atoms with E-state index in [2.05, 4.69) is 0 Å². The summed E-state index contributed by atoms with van der Waals surface area (Å²) in [6.07, 6.45) is 0. The van der Waals surface area contributed by atoms with Crippen molar-refractivity contribution in [1.82, 2.24) is 0 Å². The van der Waals surface area contributed by atoms with Crippen molar-refractivity contribution in [3.8, 4) is 11.1 Å². The standard InChI is InChI=1S/C23H15NO2/c24-23-21(18-11-5-9-14-6-3-4-10-17(14)18)22(25)19-12-15-7-1-2-8-16(15)13-20(19)26-23/h1-13H,24H2. The van der Waals surface area contributed by atoms with Crippen LogP contribution in [0.3, 0.4) is 0 Å². The Kier molecular flexibility index (Phi) is 3.09. The number of hydrogen-bond donors (Lipinski definition) is 1. The van der Waals surface area contributed by atoms with Crippen molar-refractivity contribution in [2.75, 3.05) is 5.73 Å². The Morgan fingerprint density at radius 1 is 0.692 bits per heavy atom. The molecular formula is C23H15NO2. The first kappa shape index (κ1) is 14.7. The Bertz CT molecular complexity index is 1360. The fourth-order valence-corrected chi connectivity index (χ4v) is 3.60. The van der Waals surface area contributed by atoms with E-state index in [-0.39, 0.29) is 11.3 Å². The van der Waals surface area contributed by atoms with Crippen molar-refractivity contribution < 1.29 is 4.42 Å². The van der Waals surface area contributed by atoms with Crippen LogP contribution in [0.2, 0.25) is 0 Å². The average molecular weight is 337 g/mol. The summed E-state index contributed by atoms with van der Waals surface area (Å²) in [5.41, 5.74) is 7.81. The minimum atomic E-state index is -0.106. The van der Waals surface area contributed by atoms with Crippen molar-refractivity contribution in [1.29, 1.82) is 0 Å². The second-order valence-corrected chi connectivity index (χ2v) is 6.39. The highest BCUT2D eigenvalue weighted by Crippen LogP contribution is 2.33. The normalized spacial score (nSPS) is 11.4. The topological polar surface area (TPSA) is 56.2 Å². The quantitative estimate of drug-likeness (QED) is 0.420. The third-order valence-electron chi connectivity index (χ3n) is 4.84. The summed E-state index contributed by atoms with van der Waals surface area (Å²) in [7, 11) is 0. The predicted octanol–water partition coefficient (Wildman–Crippen LogP) is 5.35. The number of anilines is 1. The summed E-state index contributed by atoms with van der Waals surface area (Å²) in [6.45, 7) is 0. The Hall–Kier alpha value is -3.59. The molecule has 0 spiro atoms. The largest absolute Gasteiger partial charge is 0.440 e. The molecule has 1 aromatic heterocycles. The number of nitrogens with two attached hydrogens (primary N) is 1. The van der Waals surface area contributed by atoms with Gasteiger partial charge in [0.05, 0.1) is 10.9 Å². The van der Waals surface area contributed by atoms with E-state index in [1.54, 1.807) is 0 Å². The first-order chi connectivity index (χ1) is 12.7. The lowest BCUT2D eigenvalue weighted by atomic mass is 9.97. The molecule has 0 bridgehead atoms. The fraction of sp³-hybridized carbons (Fsp3) is 0. The van der Waals surface area contributed by atoms with Gasteiger partial charge in [-0.2, -0.15) is 0 Å². The third-order valence-corrected chi connectivity index (χ3v) is 4.84. The number of hydrogen-bond acceptors (Lipinski definition) is 3. The molecule has 5 aromatic rings. The lowest BCUT2D eigenvalue weighted by Crippen LogP contribution is -2.09.